The van der Waals surface area contributed by atoms with Crippen LogP contribution >= 0.6 is 0 Å². The van der Waals surface area contributed by atoms with Gasteiger partial charge in [-0.25, -0.2) is 4.39 Å². The summed E-state index contributed by atoms with van der Waals surface area (Å²) < 4.78 is 12.8. The molecule has 2 rings (SSSR count). The van der Waals surface area contributed by atoms with E-state index in [0.717, 1.165) is 24.9 Å². The maximum absolute atomic E-state index is 12.8. The van der Waals surface area contributed by atoms with E-state index in [1.54, 1.807) is 24.3 Å². The molecule has 0 bridgehead atoms. The van der Waals surface area contributed by atoms with Gasteiger partial charge in [0.1, 0.15) is 5.82 Å². The average molecular weight is 261 g/mol. The molecule has 0 heterocycles. The lowest BCUT2D eigenvalue weighted by Gasteiger charge is -2.22. The van der Waals surface area contributed by atoms with E-state index in [1.807, 2.05) is 4.90 Å². The van der Waals surface area contributed by atoms with Crippen LogP contribution in [0.1, 0.15) is 32.3 Å². The molecule has 0 saturated heterocycles. The highest BCUT2D eigenvalue weighted by Gasteiger charge is 2.31. The highest BCUT2D eigenvalue weighted by atomic mass is 19.1. The number of rotatable bonds is 5. The fraction of sp³-hybridized carbons (Fsp3) is 0.438. The van der Waals surface area contributed by atoms with Crippen LogP contribution in [0.2, 0.25) is 0 Å². The third kappa shape index (κ3) is 4.19. The number of nitrogens with zero attached hydrogens (tertiary/aromatic N) is 1. The molecule has 0 atom stereocenters. The Morgan fingerprint density at radius 1 is 1.37 bits per heavy atom. The van der Waals surface area contributed by atoms with Crippen LogP contribution in [0, 0.1) is 11.7 Å². The molecule has 0 aliphatic heterocycles. The number of hydrogen-bond donors (Lipinski definition) is 0. The largest absolute Gasteiger partial charge is 0.336 e. The van der Waals surface area contributed by atoms with Gasteiger partial charge in [-0.2, -0.15) is 0 Å². The van der Waals surface area contributed by atoms with Crippen LogP contribution in [-0.4, -0.2) is 23.4 Å². The Labute approximate surface area is 113 Å². The lowest BCUT2D eigenvalue weighted by molar-refractivity contribution is -0.127. The van der Waals surface area contributed by atoms with Gasteiger partial charge in [0.2, 0.25) is 5.91 Å². The molecule has 0 radical (unpaired) electrons. The van der Waals surface area contributed by atoms with Crippen molar-refractivity contribution < 1.29 is 9.18 Å². The summed E-state index contributed by atoms with van der Waals surface area (Å²) in [5.74, 6) is 0.271. The van der Waals surface area contributed by atoms with E-state index < -0.39 is 0 Å². The number of halogens is 1. The topological polar surface area (TPSA) is 20.3 Å². The van der Waals surface area contributed by atoms with Crippen molar-refractivity contribution in [3.05, 3.63) is 41.7 Å². The van der Waals surface area contributed by atoms with E-state index in [9.17, 15) is 9.18 Å². The van der Waals surface area contributed by atoms with Crippen molar-refractivity contribution in [2.75, 3.05) is 6.54 Å². The molecule has 1 aromatic carbocycles. The predicted octanol–water partition coefficient (Wildman–Crippen LogP) is 3.49. The molecule has 0 unspecified atom stereocenters. The first-order valence-corrected chi connectivity index (χ1v) is 6.80. The highest BCUT2D eigenvalue weighted by molar-refractivity contribution is 5.92. The highest BCUT2D eigenvalue weighted by Crippen LogP contribution is 2.27. The minimum Gasteiger partial charge on any atom is -0.336 e. The Morgan fingerprint density at radius 3 is 2.53 bits per heavy atom. The number of hydrogen-bond acceptors (Lipinski definition) is 1. The van der Waals surface area contributed by atoms with Gasteiger partial charge in [0.15, 0.2) is 0 Å². The maximum atomic E-state index is 12.8. The third-order valence-corrected chi connectivity index (χ3v) is 3.12. The first kappa shape index (κ1) is 13.8. The van der Waals surface area contributed by atoms with Crippen molar-refractivity contribution >= 4 is 12.0 Å². The zero-order valence-electron chi connectivity index (χ0n) is 11.5. The van der Waals surface area contributed by atoms with Crippen molar-refractivity contribution in [3.8, 4) is 0 Å². The number of carbonyl (C=O) groups excluding carboxylic acids is 1. The van der Waals surface area contributed by atoms with Gasteiger partial charge in [-0.05, 0) is 42.5 Å². The van der Waals surface area contributed by atoms with Gasteiger partial charge < -0.3 is 4.90 Å². The Kier molecular flexibility index (Phi) is 4.35. The third-order valence-electron chi connectivity index (χ3n) is 3.12. The van der Waals surface area contributed by atoms with E-state index >= 15 is 0 Å². The summed E-state index contributed by atoms with van der Waals surface area (Å²) in [5, 5.41) is 0. The molecule has 3 heteroatoms. The smallest absolute Gasteiger partial charge is 0.246 e. The van der Waals surface area contributed by atoms with E-state index in [2.05, 4.69) is 13.8 Å². The SMILES string of the molecule is CC(C)CN(C(=O)/C=C/c1ccc(F)cc1)C1CC1. The van der Waals surface area contributed by atoms with Crippen molar-refractivity contribution in [1.29, 1.82) is 0 Å². The van der Waals surface area contributed by atoms with Crippen molar-refractivity contribution in [1.82, 2.24) is 4.90 Å². The molecule has 19 heavy (non-hydrogen) atoms. The molecule has 1 aromatic rings. The maximum Gasteiger partial charge on any atom is 0.246 e. The van der Waals surface area contributed by atoms with Crippen LogP contribution < -0.4 is 0 Å². The van der Waals surface area contributed by atoms with Gasteiger partial charge in [0, 0.05) is 18.7 Å². The number of benzene rings is 1. The summed E-state index contributed by atoms with van der Waals surface area (Å²) in [6.45, 7) is 5.04. The summed E-state index contributed by atoms with van der Waals surface area (Å²) >= 11 is 0. The Balaban J connectivity index is 1.99. The molecule has 0 N–H and O–H groups in total. The summed E-state index contributed by atoms with van der Waals surface area (Å²) in [5.41, 5.74) is 0.843. The minimum atomic E-state index is -0.261. The van der Waals surface area contributed by atoms with E-state index in [1.165, 1.54) is 12.1 Å². The summed E-state index contributed by atoms with van der Waals surface area (Å²) in [6.07, 6.45) is 5.57. The lowest BCUT2D eigenvalue weighted by atomic mass is 10.2. The Hall–Kier alpha value is -1.64. The molecule has 1 fully saturated rings. The molecule has 0 spiro atoms. The second-order valence-corrected chi connectivity index (χ2v) is 5.50. The Bertz CT molecular complexity index is 460. The molecule has 1 aliphatic rings. The van der Waals surface area contributed by atoms with Gasteiger partial charge in [-0.15, -0.1) is 0 Å². The van der Waals surface area contributed by atoms with Crippen LogP contribution in [0.3, 0.4) is 0 Å². The average Bonchev–Trinajstić information content (AvgIpc) is 3.19. The van der Waals surface area contributed by atoms with Gasteiger partial charge >= 0.3 is 0 Å². The fourth-order valence-electron chi connectivity index (χ4n) is 2.04. The molecular weight excluding hydrogens is 241 g/mol. The second-order valence-electron chi connectivity index (χ2n) is 5.50. The van der Waals surface area contributed by atoms with E-state index in [4.69, 9.17) is 0 Å². The van der Waals surface area contributed by atoms with Crippen molar-refractivity contribution in [2.45, 2.75) is 32.7 Å². The lowest BCUT2D eigenvalue weighted by Crippen LogP contribution is -2.34. The van der Waals surface area contributed by atoms with E-state index in [0.29, 0.717) is 12.0 Å². The summed E-state index contributed by atoms with van der Waals surface area (Å²) in [7, 11) is 0. The van der Waals surface area contributed by atoms with Crippen molar-refractivity contribution in [3.63, 3.8) is 0 Å². The normalized spacial score (nSPS) is 15.2. The molecule has 102 valence electrons. The van der Waals surface area contributed by atoms with Gasteiger partial charge in [0.25, 0.3) is 0 Å². The predicted molar refractivity (Wildman–Crippen MR) is 75.0 cm³/mol. The first-order chi connectivity index (χ1) is 9.06. The van der Waals surface area contributed by atoms with Crippen LogP contribution in [0.15, 0.2) is 30.3 Å². The van der Waals surface area contributed by atoms with Crippen LogP contribution in [0.4, 0.5) is 4.39 Å². The Morgan fingerprint density at radius 2 is 2.00 bits per heavy atom. The molecular formula is C16H20FNO. The van der Waals surface area contributed by atoms with Gasteiger partial charge in [-0.1, -0.05) is 26.0 Å². The molecule has 2 nitrogen and oxygen atoms in total. The zero-order chi connectivity index (χ0) is 13.8. The first-order valence-electron chi connectivity index (χ1n) is 6.80. The summed E-state index contributed by atoms with van der Waals surface area (Å²) in [4.78, 5) is 14.1. The number of amides is 1. The molecule has 1 amide bonds. The van der Waals surface area contributed by atoms with E-state index in [-0.39, 0.29) is 11.7 Å². The van der Waals surface area contributed by atoms with Crippen LogP contribution in [-0.2, 0) is 4.79 Å². The number of carbonyl (C=O) groups is 1. The summed E-state index contributed by atoms with van der Waals surface area (Å²) in [6, 6.07) is 6.56. The standard InChI is InChI=1S/C16H20FNO/c1-12(2)11-18(15-8-9-15)16(19)10-5-13-3-6-14(17)7-4-13/h3-7,10,12,15H,8-9,11H2,1-2H3/b10-5+. The minimum absolute atomic E-state index is 0.0560. The second kappa shape index (κ2) is 6.00. The van der Waals surface area contributed by atoms with Crippen LogP contribution in [0.5, 0.6) is 0 Å². The molecule has 1 saturated carbocycles. The van der Waals surface area contributed by atoms with Gasteiger partial charge in [0.05, 0.1) is 0 Å². The monoisotopic (exact) mass is 261 g/mol. The molecule has 1 aliphatic carbocycles. The molecule has 0 aromatic heterocycles. The van der Waals surface area contributed by atoms with Crippen molar-refractivity contribution in [2.24, 2.45) is 5.92 Å². The quantitative estimate of drug-likeness (QED) is 0.743. The van der Waals surface area contributed by atoms with Crippen LogP contribution in [0.25, 0.3) is 6.08 Å². The van der Waals surface area contributed by atoms with Gasteiger partial charge in [-0.3, -0.25) is 4.79 Å². The zero-order valence-corrected chi connectivity index (χ0v) is 11.5. The fourth-order valence-corrected chi connectivity index (χ4v) is 2.04.